The van der Waals surface area contributed by atoms with E-state index < -0.39 is 0 Å². The smallest absolute Gasteiger partial charge is 0.252 e. The molecular formula is C32H40N6O. The Kier molecular flexibility index (Phi) is 8.29. The number of fused-ring (bicyclic) bond motifs is 1. The Morgan fingerprint density at radius 2 is 1.67 bits per heavy atom. The van der Waals surface area contributed by atoms with Gasteiger partial charge in [-0.05, 0) is 75.5 Å². The van der Waals surface area contributed by atoms with E-state index in [4.69, 9.17) is 4.99 Å². The van der Waals surface area contributed by atoms with Gasteiger partial charge in [-0.3, -0.25) is 9.36 Å². The van der Waals surface area contributed by atoms with Crippen molar-refractivity contribution in [2.45, 2.75) is 25.8 Å². The van der Waals surface area contributed by atoms with E-state index in [1.165, 1.54) is 11.3 Å². The minimum absolute atomic E-state index is 0.0440. The molecule has 0 spiro atoms. The largest absolute Gasteiger partial charge is 0.369 e. The molecule has 3 aromatic rings. The number of pyridine rings is 1. The van der Waals surface area contributed by atoms with Crippen LogP contribution in [0.4, 0.5) is 11.4 Å². The van der Waals surface area contributed by atoms with Crippen LogP contribution in [0.2, 0.25) is 0 Å². The molecule has 1 fully saturated rings. The number of hydrogen-bond acceptors (Lipinski definition) is 6. The van der Waals surface area contributed by atoms with Crippen LogP contribution in [0.5, 0.6) is 0 Å². The summed E-state index contributed by atoms with van der Waals surface area (Å²) in [7, 11) is 6.26. The molecule has 204 valence electrons. The van der Waals surface area contributed by atoms with Gasteiger partial charge in [-0.2, -0.15) is 0 Å². The summed E-state index contributed by atoms with van der Waals surface area (Å²) in [5.74, 6) is 0.830. The predicted molar refractivity (Wildman–Crippen MR) is 161 cm³/mol. The van der Waals surface area contributed by atoms with Gasteiger partial charge in [-0.1, -0.05) is 43.3 Å². The van der Waals surface area contributed by atoms with Crippen LogP contribution in [0.15, 0.2) is 87.9 Å². The van der Waals surface area contributed by atoms with Gasteiger partial charge in [0.05, 0.1) is 6.04 Å². The van der Waals surface area contributed by atoms with E-state index in [0.717, 1.165) is 61.3 Å². The Bertz CT molecular complexity index is 1480. The molecule has 2 aliphatic heterocycles. The van der Waals surface area contributed by atoms with E-state index in [-0.39, 0.29) is 11.6 Å². The zero-order valence-electron chi connectivity index (χ0n) is 23.6. The third-order valence-corrected chi connectivity index (χ3v) is 7.71. The van der Waals surface area contributed by atoms with Crippen LogP contribution in [0.25, 0.3) is 6.08 Å². The van der Waals surface area contributed by atoms with E-state index in [0.29, 0.717) is 12.0 Å². The highest BCUT2D eigenvalue weighted by Gasteiger charge is 2.20. The fourth-order valence-electron chi connectivity index (χ4n) is 5.40. The third kappa shape index (κ3) is 6.15. The van der Waals surface area contributed by atoms with Crippen LogP contribution in [-0.2, 0) is 0 Å². The normalized spacial score (nSPS) is 16.8. The number of likely N-dealkylation sites (N-methyl/N-ethyl adjacent to an activating group) is 2. The number of anilines is 2. The number of piperazine rings is 1. The lowest BCUT2D eigenvalue weighted by atomic mass is 10.1. The zero-order chi connectivity index (χ0) is 27.4. The molecule has 1 N–H and O–H groups in total. The van der Waals surface area contributed by atoms with Crippen molar-refractivity contribution in [3.63, 3.8) is 0 Å². The molecule has 39 heavy (non-hydrogen) atoms. The highest BCUT2D eigenvalue weighted by molar-refractivity contribution is 5.58. The molecule has 7 heteroatoms. The monoisotopic (exact) mass is 524 g/mol. The second kappa shape index (κ2) is 12.0. The van der Waals surface area contributed by atoms with Crippen molar-refractivity contribution in [3.05, 3.63) is 105 Å². The van der Waals surface area contributed by atoms with Crippen LogP contribution in [0.1, 0.15) is 31.4 Å². The number of aromatic nitrogens is 1. The van der Waals surface area contributed by atoms with E-state index in [2.05, 4.69) is 76.5 Å². The summed E-state index contributed by atoms with van der Waals surface area (Å²) < 4.78 is 1.87. The Morgan fingerprint density at radius 1 is 0.949 bits per heavy atom. The molecule has 5 rings (SSSR count). The average molecular weight is 525 g/mol. The van der Waals surface area contributed by atoms with Gasteiger partial charge in [0.1, 0.15) is 11.3 Å². The van der Waals surface area contributed by atoms with Crippen LogP contribution >= 0.6 is 0 Å². The summed E-state index contributed by atoms with van der Waals surface area (Å²) in [6.07, 6.45) is 3.87. The van der Waals surface area contributed by atoms with Crippen molar-refractivity contribution in [2.75, 3.05) is 64.1 Å². The molecule has 2 aliphatic rings. The lowest BCUT2D eigenvalue weighted by molar-refractivity contribution is 0.313. The molecular weight excluding hydrogens is 484 g/mol. The first-order valence-electron chi connectivity index (χ1n) is 14.0. The summed E-state index contributed by atoms with van der Waals surface area (Å²) in [6, 6.07) is 22.3. The number of hydrogen-bond donors (Lipinski definition) is 1. The standard InChI is InChI=1S/C32H40N6O/c1-5-24-11-12-26-13-18-30(39)38(29(23-35(2)3)25-9-7-6-8-10-25)32(26)34-31(24)33-27-14-16-28(17-15-27)37-21-19-36(4)20-22-37/h6-10,12-18,29,33H,5,11,19-23H2,1-4H3. The molecule has 7 nitrogen and oxygen atoms in total. The van der Waals surface area contributed by atoms with E-state index >= 15 is 0 Å². The first-order valence-corrected chi connectivity index (χ1v) is 14.0. The molecule has 1 atom stereocenters. The molecule has 0 amide bonds. The number of benzene rings is 2. The molecule has 0 radical (unpaired) electrons. The zero-order valence-corrected chi connectivity index (χ0v) is 23.6. The molecule has 1 aromatic heterocycles. The van der Waals surface area contributed by atoms with Gasteiger partial charge in [-0.25, -0.2) is 4.99 Å². The first-order chi connectivity index (χ1) is 18.9. The number of allylic oxidation sites excluding steroid dienone is 1. The molecule has 2 aromatic carbocycles. The van der Waals surface area contributed by atoms with Crippen molar-refractivity contribution in [3.8, 4) is 0 Å². The van der Waals surface area contributed by atoms with Crippen LogP contribution in [0, 0.1) is 0 Å². The lowest BCUT2D eigenvalue weighted by Gasteiger charge is -2.34. The highest BCUT2D eigenvalue weighted by atomic mass is 16.1. The van der Waals surface area contributed by atoms with Gasteiger partial charge < -0.3 is 20.0 Å². The minimum Gasteiger partial charge on any atom is -0.369 e. The van der Waals surface area contributed by atoms with E-state index in [1.54, 1.807) is 6.07 Å². The average Bonchev–Trinajstić information content (AvgIpc) is 3.12. The maximum atomic E-state index is 13.5. The predicted octanol–water partition coefficient (Wildman–Crippen LogP) is 3.29. The summed E-state index contributed by atoms with van der Waals surface area (Å²) in [4.78, 5) is 25.6. The second-order valence-electron chi connectivity index (χ2n) is 10.8. The number of nitrogens with zero attached hydrogens (tertiary/aromatic N) is 5. The third-order valence-electron chi connectivity index (χ3n) is 7.71. The van der Waals surface area contributed by atoms with E-state index in [9.17, 15) is 4.79 Å². The Hall–Kier alpha value is -3.68. The van der Waals surface area contributed by atoms with Crippen molar-refractivity contribution in [1.29, 1.82) is 0 Å². The van der Waals surface area contributed by atoms with Gasteiger partial charge >= 0.3 is 0 Å². The summed E-state index contributed by atoms with van der Waals surface area (Å²) >= 11 is 0. The van der Waals surface area contributed by atoms with E-state index in [1.807, 2.05) is 42.9 Å². The molecule has 0 aliphatic carbocycles. The molecule has 1 saturated heterocycles. The van der Waals surface area contributed by atoms with Crippen LogP contribution in [-0.4, -0.2) is 68.2 Å². The quantitative estimate of drug-likeness (QED) is 0.490. The molecule has 0 saturated carbocycles. The molecule has 3 heterocycles. The van der Waals surface area contributed by atoms with Gasteiger partial charge in [-0.15, -0.1) is 0 Å². The fraction of sp³-hybridized carbons (Fsp3) is 0.375. The van der Waals surface area contributed by atoms with Crippen molar-refractivity contribution >= 4 is 17.5 Å². The van der Waals surface area contributed by atoms with Crippen molar-refractivity contribution < 1.29 is 0 Å². The Labute approximate surface area is 231 Å². The Morgan fingerprint density at radius 3 is 2.33 bits per heavy atom. The van der Waals surface area contributed by atoms with Gasteiger partial charge in [0.15, 0.2) is 0 Å². The minimum atomic E-state index is -0.159. The summed E-state index contributed by atoms with van der Waals surface area (Å²) in [6.45, 7) is 7.12. The topological polar surface area (TPSA) is 56.1 Å². The molecule has 0 bridgehead atoms. The van der Waals surface area contributed by atoms with Gasteiger partial charge in [0.2, 0.25) is 0 Å². The lowest BCUT2D eigenvalue weighted by Crippen LogP contribution is -2.47. The SMILES string of the molecule is CCC1=C(Nc2ccc(N3CCN(C)CC3)cc2)N=c2c(ccc(=O)n2C(CN(C)C)c2ccccc2)=CC1. The van der Waals surface area contributed by atoms with Crippen molar-refractivity contribution in [1.82, 2.24) is 14.4 Å². The maximum Gasteiger partial charge on any atom is 0.252 e. The van der Waals surface area contributed by atoms with Gasteiger partial charge in [0.25, 0.3) is 5.56 Å². The summed E-state index contributed by atoms with van der Waals surface area (Å²) in [5.41, 5.74) is 5.22. The Balaban J connectivity index is 1.54. The number of nitrogens with one attached hydrogen (secondary N) is 1. The summed E-state index contributed by atoms with van der Waals surface area (Å²) in [5, 5.41) is 4.59. The highest BCUT2D eigenvalue weighted by Crippen LogP contribution is 2.23. The second-order valence-corrected chi connectivity index (χ2v) is 10.8. The molecule has 1 unspecified atom stereocenters. The first kappa shape index (κ1) is 26.9. The van der Waals surface area contributed by atoms with Crippen molar-refractivity contribution in [2.24, 2.45) is 4.99 Å². The number of rotatable bonds is 8. The van der Waals surface area contributed by atoms with Gasteiger partial charge in [0, 0.05) is 55.4 Å². The fourth-order valence-corrected chi connectivity index (χ4v) is 5.40. The maximum absolute atomic E-state index is 13.5. The van der Waals surface area contributed by atoms with Crippen LogP contribution in [0.3, 0.4) is 0 Å². The van der Waals surface area contributed by atoms with Crippen LogP contribution < -0.4 is 26.5 Å².